The molecule has 0 unspecified atom stereocenters. The summed E-state index contributed by atoms with van der Waals surface area (Å²) in [5.41, 5.74) is 5.01. The van der Waals surface area contributed by atoms with E-state index < -0.39 is 8.07 Å². The Bertz CT molecular complexity index is 1090. The Labute approximate surface area is 198 Å². The summed E-state index contributed by atoms with van der Waals surface area (Å²) in [5, 5.41) is 5.03. The molecule has 7 heteroatoms. The summed E-state index contributed by atoms with van der Waals surface area (Å²) >= 11 is 0. The van der Waals surface area contributed by atoms with Crippen molar-refractivity contribution in [2.24, 2.45) is 0 Å². The third-order valence-electron chi connectivity index (χ3n) is 5.71. The molecule has 4 rings (SSSR count). The van der Waals surface area contributed by atoms with Gasteiger partial charge in [-0.05, 0) is 38.3 Å². The topological polar surface area (TPSA) is 48.8 Å². The second kappa shape index (κ2) is 10.2. The van der Waals surface area contributed by atoms with Crippen LogP contribution in [-0.2, 0) is 22.8 Å². The lowest BCUT2D eigenvalue weighted by atomic mass is 9.99. The zero-order valence-electron chi connectivity index (χ0n) is 20.4. The summed E-state index contributed by atoms with van der Waals surface area (Å²) in [4.78, 5) is 2.12. The summed E-state index contributed by atoms with van der Waals surface area (Å²) in [6.07, 6.45) is 0. The Morgan fingerprint density at radius 3 is 2.27 bits per heavy atom. The average Bonchev–Trinajstić information content (AvgIpc) is 3.05. The fourth-order valence-electron chi connectivity index (χ4n) is 3.80. The molecular formula is C26H35N3O3Si. The number of hydrogen-bond acceptors (Lipinski definition) is 5. The van der Waals surface area contributed by atoms with Crippen LogP contribution < -0.4 is 4.74 Å². The van der Waals surface area contributed by atoms with E-state index in [9.17, 15) is 0 Å². The Morgan fingerprint density at radius 2 is 1.58 bits per heavy atom. The summed E-state index contributed by atoms with van der Waals surface area (Å²) in [5.74, 6) is 1.64. The first-order valence-corrected chi connectivity index (χ1v) is 15.3. The highest BCUT2D eigenvalue weighted by molar-refractivity contribution is 6.76. The van der Waals surface area contributed by atoms with Crippen molar-refractivity contribution in [2.75, 3.05) is 33.9 Å². The van der Waals surface area contributed by atoms with E-state index in [1.54, 1.807) is 0 Å². The van der Waals surface area contributed by atoms with E-state index in [0.717, 1.165) is 58.8 Å². The largest absolute Gasteiger partial charge is 0.456 e. The molecule has 0 saturated carbocycles. The van der Waals surface area contributed by atoms with Crippen LogP contribution in [0.15, 0.2) is 48.5 Å². The zero-order chi connectivity index (χ0) is 23.4. The van der Waals surface area contributed by atoms with E-state index in [1.165, 1.54) is 0 Å². The van der Waals surface area contributed by atoms with Crippen LogP contribution in [0.2, 0.25) is 25.7 Å². The number of nitrogens with zero attached hydrogens (tertiary/aromatic N) is 3. The molecule has 33 heavy (non-hydrogen) atoms. The lowest BCUT2D eigenvalue weighted by molar-refractivity contribution is 0.0624. The highest BCUT2D eigenvalue weighted by Crippen LogP contribution is 2.47. The van der Waals surface area contributed by atoms with Crippen molar-refractivity contribution in [3.63, 3.8) is 0 Å². The van der Waals surface area contributed by atoms with Crippen LogP contribution in [0.4, 0.5) is 0 Å². The molecule has 1 aliphatic heterocycles. The summed E-state index contributed by atoms with van der Waals surface area (Å²) < 4.78 is 20.5. The van der Waals surface area contributed by atoms with E-state index in [0.29, 0.717) is 19.9 Å². The van der Waals surface area contributed by atoms with Gasteiger partial charge in [-0.2, -0.15) is 5.10 Å². The van der Waals surface area contributed by atoms with Crippen LogP contribution in [-0.4, -0.2) is 56.6 Å². The van der Waals surface area contributed by atoms with Gasteiger partial charge >= 0.3 is 0 Å². The minimum atomic E-state index is -1.16. The van der Waals surface area contributed by atoms with Crippen molar-refractivity contribution >= 4 is 8.07 Å². The number of hydrogen-bond donors (Lipinski definition) is 0. The third kappa shape index (κ3) is 5.73. The highest BCUT2D eigenvalue weighted by Gasteiger charge is 2.28. The van der Waals surface area contributed by atoms with E-state index in [-0.39, 0.29) is 0 Å². The fourth-order valence-corrected chi connectivity index (χ4v) is 4.56. The molecule has 0 saturated heterocycles. The molecule has 1 aromatic heterocycles. The van der Waals surface area contributed by atoms with Gasteiger partial charge in [-0.25, -0.2) is 4.68 Å². The van der Waals surface area contributed by atoms with Gasteiger partial charge in [-0.15, -0.1) is 0 Å². The van der Waals surface area contributed by atoms with Crippen molar-refractivity contribution in [3.05, 3.63) is 54.2 Å². The van der Waals surface area contributed by atoms with Gasteiger partial charge in [0.15, 0.2) is 0 Å². The lowest BCUT2D eigenvalue weighted by Crippen LogP contribution is -2.22. The van der Waals surface area contributed by atoms with Crippen molar-refractivity contribution < 1.29 is 14.2 Å². The van der Waals surface area contributed by atoms with Crippen LogP contribution >= 0.6 is 0 Å². The van der Waals surface area contributed by atoms with E-state index in [1.807, 2.05) is 41.1 Å². The number of ether oxygens (including phenoxy) is 3. The van der Waals surface area contributed by atoms with Gasteiger partial charge in [0.05, 0.1) is 18.9 Å². The standard InChI is InChI=1S/C26H35N3O3Si/c1-28(2)14-15-30-18-22-25-20-10-6-8-12-23(20)32-24-13-9-7-11-21(24)26(25)27-29(22)19-31-16-17-33(3,4)5/h6-13H,14-19H2,1-5H3. The molecule has 2 heterocycles. The number of likely N-dealkylation sites (N-methyl/N-ethyl adjacent to an activating group) is 1. The molecule has 0 bridgehead atoms. The minimum Gasteiger partial charge on any atom is -0.456 e. The zero-order valence-corrected chi connectivity index (χ0v) is 21.4. The normalized spacial score (nSPS) is 12.7. The van der Waals surface area contributed by atoms with Crippen molar-refractivity contribution in [1.82, 2.24) is 14.7 Å². The Morgan fingerprint density at radius 1 is 0.909 bits per heavy atom. The number of aromatic nitrogens is 2. The monoisotopic (exact) mass is 465 g/mol. The van der Waals surface area contributed by atoms with Gasteiger partial charge in [0.2, 0.25) is 0 Å². The van der Waals surface area contributed by atoms with Gasteiger partial charge in [0, 0.05) is 37.9 Å². The quantitative estimate of drug-likeness (QED) is 0.222. The van der Waals surface area contributed by atoms with Gasteiger partial charge in [-0.1, -0.05) is 50.0 Å². The van der Waals surface area contributed by atoms with Gasteiger partial charge < -0.3 is 19.1 Å². The summed E-state index contributed by atoms with van der Waals surface area (Å²) in [7, 11) is 2.95. The molecule has 3 aromatic rings. The molecule has 2 aromatic carbocycles. The number of benzene rings is 2. The SMILES string of the molecule is CN(C)CCOCc1c2c(nn1COCC[Si](C)(C)C)-c1ccccc1Oc1ccccc1-2. The van der Waals surface area contributed by atoms with Crippen LogP contribution in [0.3, 0.4) is 0 Å². The van der Waals surface area contributed by atoms with Crippen LogP contribution in [0.5, 0.6) is 11.5 Å². The van der Waals surface area contributed by atoms with Crippen molar-refractivity contribution in [1.29, 1.82) is 0 Å². The smallest absolute Gasteiger partial charge is 0.139 e. The van der Waals surface area contributed by atoms with E-state index in [2.05, 4.69) is 50.8 Å². The van der Waals surface area contributed by atoms with Gasteiger partial charge in [0.1, 0.15) is 23.9 Å². The predicted octanol–water partition coefficient (Wildman–Crippen LogP) is 5.71. The summed E-state index contributed by atoms with van der Waals surface area (Å²) in [6.45, 7) is 10.2. The van der Waals surface area contributed by atoms with Gasteiger partial charge in [0.25, 0.3) is 0 Å². The minimum absolute atomic E-state index is 0.412. The van der Waals surface area contributed by atoms with Crippen molar-refractivity contribution in [3.8, 4) is 33.9 Å². The number of para-hydroxylation sites is 2. The van der Waals surface area contributed by atoms with Crippen LogP contribution in [0, 0.1) is 0 Å². The Balaban J connectivity index is 1.72. The fraction of sp³-hybridized carbons (Fsp3) is 0.423. The Kier molecular flexibility index (Phi) is 7.34. The maximum atomic E-state index is 6.31. The molecule has 0 radical (unpaired) electrons. The molecule has 1 aliphatic rings. The number of rotatable bonds is 10. The molecule has 0 amide bonds. The maximum Gasteiger partial charge on any atom is 0.139 e. The first-order valence-electron chi connectivity index (χ1n) is 11.6. The molecule has 0 atom stereocenters. The first kappa shape index (κ1) is 23.7. The Hall–Kier alpha value is -2.45. The summed E-state index contributed by atoms with van der Waals surface area (Å²) in [6, 6.07) is 17.4. The van der Waals surface area contributed by atoms with E-state index in [4.69, 9.17) is 19.3 Å². The predicted molar refractivity (Wildman–Crippen MR) is 135 cm³/mol. The molecule has 0 N–H and O–H groups in total. The van der Waals surface area contributed by atoms with Crippen molar-refractivity contribution in [2.45, 2.75) is 39.0 Å². The molecule has 0 fully saturated rings. The molecule has 6 nitrogen and oxygen atoms in total. The van der Waals surface area contributed by atoms with Crippen LogP contribution in [0.25, 0.3) is 22.4 Å². The maximum absolute atomic E-state index is 6.31. The van der Waals surface area contributed by atoms with Crippen LogP contribution in [0.1, 0.15) is 5.69 Å². The first-order chi connectivity index (χ1) is 15.8. The van der Waals surface area contributed by atoms with Gasteiger partial charge in [-0.3, -0.25) is 0 Å². The second-order valence-corrected chi connectivity index (χ2v) is 15.6. The highest BCUT2D eigenvalue weighted by atomic mass is 28.3. The number of fused-ring (bicyclic) bond motifs is 5. The molecule has 0 aliphatic carbocycles. The second-order valence-electron chi connectivity index (χ2n) is 9.97. The molecular weight excluding hydrogens is 430 g/mol. The third-order valence-corrected chi connectivity index (χ3v) is 7.41. The lowest BCUT2D eigenvalue weighted by Gasteiger charge is -2.17. The molecule has 176 valence electrons. The molecule has 0 spiro atoms. The average molecular weight is 466 g/mol. The van der Waals surface area contributed by atoms with E-state index >= 15 is 0 Å².